The van der Waals surface area contributed by atoms with Gasteiger partial charge in [-0.1, -0.05) is 18.5 Å². The monoisotopic (exact) mass is 366 g/mol. The smallest absolute Gasteiger partial charge is 0.166 e. The first-order chi connectivity index (χ1) is 12.4. The summed E-state index contributed by atoms with van der Waals surface area (Å²) in [6.45, 7) is 6.04. The van der Waals surface area contributed by atoms with Crippen molar-refractivity contribution in [3.05, 3.63) is 63.3 Å². The standard InChI is InChI=1S/C21H19ClN2O2/c1-4-19(25)15-5-6-18(22)17(21(15)26)11-24-10-13(3)16-8-14(9-23)7-12(2)20(16)24/h5-8,10,26H,4,11H2,1-3H3. The third-order valence-electron chi connectivity index (χ3n) is 4.67. The second kappa shape index (κ2) is 6.86. The number of ketones is 1. The zero-order valence-electron chi connectivity index (χ0n) is 14.9. The lowest BCUT2D eigenvalue weighted by molar-refractivity contribution is 0.0985. The maximum Gasteiger partial charge on any atom is 0.166 e. The Labute approximate surface area is 157 Å². The molecule has 2 aromatic carbocycles. The number of Topliss-reactive ketones (excluding diaryl/α,β-unsaturated/α-hetero) is 1. The summed E-state index contributed by atoms with van der Waals surface area (Å²) in [5, 5.41) is 21.2. The Morgan fingerprint density at radius 3 is 2.65 bits per heavy atom. The molecule has 0 saturated carbocycles. The molecule has 132 valence electrons. The van der Waals surface area contributed by atoms with E-state index in [1.54, 1.807) is 19.1 Å². The van der Waals surface area contributed by atoms with Crippen LogP contribution in [0.2, 0.25) is 5.02 Å². The maximum absolute atomic E-state index is 12.1. The van der Waals surface area contributed by atoms with Gasteiger partial charge in [0.25, 0.3) is 0 Å². The van der Waals surface area contributed by atoms with E-state index in [1.807, 2.05) is 36.7 Å². The van der Waals surface area contributed by atoms with Crippen LogP contribution >= 0.6 is 11.6 Å². The number of hydrogen-bond donors (Lipinski definition) is 1. The first-order valence-electron chi connectivity index (χ1n) is 8.41. The molecule has 26 heavy (non-hydrogen) atoms. The Morgan fingerprint density at radius 1 is 1.27 bits per heavy atom. The van der Waals surface area contributed by atoms with Crippen LogP contribution in [0.25, 0.3) is 10.9 Å². The minimum atomic E-state index is -0.121. The van der Waals surface area contributed by atoms with Crippen molar-refractivity contribution in [3.63, 3.8) is 0 Å². The van der Waals surface area contributed by atoms with Crippen LogP contribution in [0.15, 0.2) is 30.5 Å². The molecule has 1 heterocycles. The largest absolute Gasteiger partial charge is 0.507 e. The van der Waals surface area contributed by atoms with Gasteiger partial charge in [0.15, 0.2) is 5.78 Å². The number of benzene rings is 2. The van der Waals surface area contributed by atoms with Crippen molar-refractivity contribution in [2.24, 2.45) is 0 Å². The summed E-state index contributed by atoms with van der Waals surface area (Å²) in [5.74, 6) is -0.182. The Balaban J connectivity index is 2.16. The Kier molecular flexibility index (Phi) is 4.76. The number of hydrogen-bond acceptors (Lipinski definition) is 3. The van der Waals surface area contributed by atoms with Crippen molar-refractivity contribution >= 4 is 28.3 Å². The molecule has 4 nitrogen and oxygen atoms in total. The molecule has 0 aliphatic carbocycles. The lowest BCUT2D eigenvalue weighted by Crippen LogP contribution is -2.04. The minimum absolute atomic E-state index is 0.0600. The Hall–Kier alpha value is -2.77. The molecule has 0 radical (unpaired) electrons. The zero-order valence-corrected chi connectivity index (χ0v) is 15.7. The number of carbonyl (C=O) groups is 1. The number of rotatable bonds is 4. The van der Waals surface area contributed by atoms with Gasteiger partial charge < -0.3 is 9.67 Å². The van der Waals surface area contributed by atoms with E-state index in [-0.39, 0.29) is 11.5 Å². The number of aryl methyl sites for hydroxylation is 2. The first kappa shape index (κ1) is 18.0. The van der Waals surface area contributed by atoms with Gasteiger partial charge in [0.2, 0.25) is 0 Å². The van der Waals surface area contributed by atoms with Crippen LogP contribution in [0.3, 0.4) is 0 Å². The summed E-state index contributed by atoms with van der Waals surface area (Å²) in [6, 6.07) is 9.11. The molecule has 0 aliphatic heterocycles. The lowest BCUT2D eigenvalue weighted by atomic mass is 10.0. The maximum atomic E-state index is 12.1. The molecule has 5 heteroatoms. The van der Waals surface area contributed by atoms with Crippen molar-refractivity contribution in [1.82, 2.24) is 4.57 Å². The second-order valence-corrected chi connectivity index (χ2v) is 6.85. The first-order valence-corrected chi connectivity index (χ1v) is 8.78. The molecule has 0 bridgehead atoms. The molecule has 0 fully saturated rings. The molecular formula is C21H19ClN2O2. The topological polar surface area (TPSA) is 66.0 Å². The number of carbonyl (C=O) groups excluding carboxylic acids is 1. The summed E-state index contributed by atoms with van der Waals surface area (Å²) in [4.78, 5) is 12.1. The zero-order chi connectivity index (χ0) is 19.0. The van der Waals surface area contributed by atoms with Gasteiger partial charge in [-0.05, 0) is 49.2 Å². The van der Waals surface area contributed by atoms with Crippen LogP contribution in [0, 0.1) is 25.2 Å². The SMILES string of the molecule is CCC(=O)c1ccc(Cl)c(Cn2cc(C)c3cc(C#N)cc(C)c32)c1O. The normalized spacial score (nSPS) is 10.9. The number of aromatic hydroxyl groups is 1. The van der Waals surface area contributed by atoms with E-state index in [9.17, 15) is 15.2 Å². The predicted octanol–water partition coefficient (Wildman–Crippen LogP) is 5.13. The average Bonchev–Trinajstić information content (AvgIpc) is 2.94. The van der Waals surface area contributed by atoms with Crippen LogP contribution in [0.4, 0.5) is 0 Å². The molecule has 0 saturated heterocycles. The highest BCUT2D eigenvalue weighted by atomic mass is 35.5. The predicted molar refractivity (Wildman–Crippen MR) is 103 cm³/mol. The van der Waals surface area contributed by atoms with Crippen LogP contribution in [0.1, 0.15) is 46.0 Å². The van der Waals surface area contributed by atoms with E-state index in [1.165, 1.54) is 0 Å². The van der Waals surface area contributed by atoms with Crippen LogP contribution in [-0.2, 0) is 6.54 Å². The van der Waals surface area contributed by atoms with Crippen LogP contribution < -0.4 is 0 Å². The molecule has 3 aromatic rings. The highest BCUT2D eigenvalue weighted by Gasteiger charge is 2.18. The number of phenols is 1. The van der Waals surface area contributed by atoms with E-state index in [4.69, 9.17) is 11.6 Å². The third-order valence-corrected chi connectivity index (χ3v) is 5.02. The van der Waals surface area contributed by atoms with Crippen molar-refractivity contribution in [3.8, 4) is 11.8 Å². The van der Waals surface area contributed by atoms with E-state index in [0.29, 0.717) is 34.7 Å². The number of phenolic OH excluding ortho intramolecular Hbond substituents is 1. The van der Waals surface area contributed by atoms with Gasteiger partial charge in [-0.2, -0.15) is 5.26 Å². The molecule has 0 unspecified atom stereocenters. The number of aromatic nitrogens is 1. The van der Waals surface area contributed by atoms with Gasteiger partial charge in [0.05, 0.1) is 29.3 Å². The van der Waals surface area contributed by atoms with Crippen LogP contribution in [0.5, 0.6) is 5.75 Å². The molecule has 0 aliphatic rings. The Morgan fingerprint density at radius 2 is 2.00 bits per heavy atom. The molecule has 1 aromatic heterocycles. The van der Waals surface area contributed by atoms with Crippen LogP contribution in [-0.4, -0.2) is 15.5 Å². The lowest BCUT2D eigenvalue weighted by Gasteiger charge is -2.13. The van der Waals surface area contributed by atoms with Crippen molar-refractivity contribution in [2.45, 2.75) is 33.7 Å². The van der Waals surface area contributed by atoms with Gasteiger partial charge in [-0.3, -0.25) is 4.79 Å². The van der Waals surface area contributed by atoms with Crippen molar-refractivity contribution in [2.75, 3.05) is 0 Å². The fourth-order valence-electron chi connectivity index (χ4n) is 3.37. The van der Waals surface area contributed by atoms with Gasteiger partial charge in [-0.15, -0.1) is 0 Å². The quantitative estimate of drug-likeness (QED) is 0.651. The highest BCUT2D eigenvalue weighted by molar-refractivity contribution is 6.31. The van der Waals surface area contributed by atoms with E-state index < -0.39 is 0 Å². The fourth-order valence-corrected chi connectivity index (χ4v) is 3.58. The highest BCUT2D eigenvalue weighted by Crippen LogP contribution is 2.33. The summed E-state index contributed by atoms with van der Waals surface area (Å²) in [5.41, 5.74) is 4.44. The fraction of sp³-hybridized carbons (Fsp3) is 0.238. The second-order valence-electron chi connectivity index (χ2n) is 6.44. The van der Waals surface area contributed by atoms with Gasteiger partial charge in [-0.25, -0.2) is 0 Å². The average molecular weight is 367 g/mol. The summed E-state index contributed by atoms with van der Waals surface area (Å²) in [7, 11) is 0. The molecule has 0 spiro atoms. The third kappa shape index (κ3) is 2.95. The Bertz CT molecular complexity index is 1070. The molecule has 1 N–H and O–H groups in total. The molecule has 0 atom stereocenters. The van der Waals surface area contributed by atoms with Gasteiger partial charge in [0, 0.05) is 28.6 Å². The molecule has 3 rings (SSSR count). The molecular weight excluding hydrogens is 348 g/mol. The molecule has 0 amide bonds. The number of halogens is 1. The van der Waals surface area contributed by atoms with E-state index >= 15 is 0 Å². The summed E-state index contributed by atoms with van der Waals surface area (Å²) in [6.07, 6.45) is 2.29. The van der Waals surface area contributed by atoms with Crippen molar-refractivity contribution < 1.29 is 9.90 Å². The van der Waals surface area contributed by atoms with E-state index in [0.717, 1.165) is 22.0 Å². The van der Waals surface area contributed by atoms with Crippen molar-refractivity contribution in [1.29, 1.82) is 5.26 Å². The van der Waals surface area contributed by atoms with Gasteiger partial charge in [0.1, 0.15) is 5.75 Å². The van der Waals surface area contributed by atoms with E-state index in [2.05, 4.69) is 6.07 Å². The number of nitrogens with zero attached hydrogens (tertiary/aromatic N) is 2. The van der Waals surface area contributed by atoms with Gasteiger partial charge >= 0.3 is 0 Å². The minimum Gasteiger partial charge on any atom is -0.507 e. The summed E-state index contributed by atoms with van der Waals surface area (Å²) >= 11 is 6.32. The number of nitriles is 1. The number of fused-ring (bicyclic) bond motifs is 1. The summed E-state index contributed by atoms with van der Waals surface area (Å²) < 4.78 is 2.00.